The SMILES string of the molecule is Cc1ccc(CO)cc1S(=O)(=O)NC1CCC(C)C(C)C1. The topological polar surface area (TPSA) is 66.4 Å². The predicted molar refractivity (Wildman–Crippen MR) is 83.4 cm³/mol. The first-order valence-electron chi connectivity index (χ1n) is 7.56. The summed E-state index contributed by atoms with van der Waals surface area (Å²) in [6.45, 7) is 6.04. The molecule has 0 radical (unpaired) electrons. The van der Waals surface area contributed by atoms with Crippen molar-refractivity contribution in [2.24, 2.45) is 11.8 Å². The minimum atomic E-state index is -3.53. The van der Waals surface area contributed by atoms with Gasteiger partial charge in [-0.15, -0.1) is 0 Å². The van der Waals surface area contributed by atoms with Crippen LogP contribution in [0, 0.1) is 18.8 Å². The summed E-state index contributed by atoms with van der Waals surface area (Å²) in [5, 5.41) is 9.19. The highest BCUT2D eigenvalue weighted by molar-refractivity contribution is 7.89. The van der Waals surface area contributed by atoms with Gasteiger partial charge in [0.05, 0.1) is 11.5 Å². The van der Waals surface area contributed by atoms with Crippen molar-refractivity contribution < 1.29 is 13.5 Å². The van der Waals surface area contributed by atoms with E-state index in [1.807, 2.05) is 0 Å². The van der Waals surface area contributed by atoms with Crippen molar-refractivity contribution in [2.75, 3.05) is 0 Å². The Balaban J connectivity index is 2.19. The van der Waals surface area contributed by atoms with Crippen molar-refractivity contribution in [2.45, 2.75) is 57.6 Å². The average molecular weight is 311 g/mol. The Kier molecular flexibility index (Phi) is 5.07. The summed E-state index contributed by atoms with van der Waals surface area (Å²) in [5.41, 5.74) is 1.32. The minimum absolute atomic E-state index is 0.0124. The minimum Gasteiger partial charge on any atom is -0.392 e. The maximum absolute atomic E-state index is 12.6. The number of hydrogen-bond acceptors (Lipinski definition) is 3. The van der Waals surface area contributed by atoms with Crippen LogP contribution in [0.1, 0.15) is 44.2 Å². The molecule has 0 heterocycles. The monoisotopic (exact) mass is 311 g/mol. The molecule has 0 saturated heterocycles. The zero-order valence-electron chi connectivity index (χ0n) is 13.0. The first kappa shape index (κ1) is 16.5. The van der Waals surface area contributed by atoms with Crippen molar-refractivity contribution in [3.05, 3.63) is 29.3 Å². The van der Waals surface area contributed by atoms with Crippen LogP contribution in [-0.4, -0.2) is 19.6 Å². The van der Waals surface area contributed by atoms with E-state index in [-0.39, 0.29) is 17.5 Å². The Bertz CT molecular complexity index is 598. The lowest BCUT2D eigenvalue weighted by atomic mass is 9.79. The van der Waals surface area contributed by atoms with Crippen LogP contribution in [0.5, 0.6) is 0 Å². The van der Waals surface area contributed by atoms with E-state index in [1.54, 1.807) is 25.1 Å². The molecular weight excluding hydrogens is 286 g/mol. The molecule has 3 unspecified atom stereocenters. The summed E-state index contributed by atoms with van der Waals surface area (Å²) in [6.07, 6.45) is 2.84. The van der Waals surface area contributed by atoms with Crippen molar-refractivity contribution >= 4 is 10.0 Å². The lowest BCUT2D eigenvalue weighted by Gasteiger charge is -2.32. The molecule has 2 rings (SSSR count). The first-order valence-corrected chi connectivity index (χ1v) is 9.04. The lowest BCUT2D eigenvalue weighted by Crippen LogP contribution is -2.40. The molecule has 2 N–H and O–H groups in total. The van der Waals surface area contributed by atoms with Crippen LogP contribution in [0.15, 0.2) is 23.1 Å². The molecule has 1 aromatic carbocycles. The number of hydrogen-bond donors (Lipinski definition) is 2. The van der Waals surface area contributed by atoms with E-state index in [9.17, 15) is 13.5 Å². The average Bonchev–Trinajstić information content (AvgIpc) is 2.43. The van der Waals surface area contributed by atoms with Crippen LogP contribution < -0.4 is 4.72 Å². The van der Waals surface area contributed by atoms with Crippen molar-refractivity contribution in [3.63, 3.8) is 0 Å². The molecular formula is C16H25NO3S. The second-order valence-electron chi connectivity index (χ2n) is 6.34. The standard InChI is InChI=1S/C16H25NO3S/c1-11-5-7-15(8-13(11)3)17-21(19,20)16-9-14(10-18)6-4-12(16)2/h4,6,9,11,13,15,17-18H,5,7-8,10H2,1-3H3. The van der Waals surface area contributed by atoms with Gasteiger partial charge in [-0.25, -0.2) is 13.1 Å². The van der Waals surface area contributed by atoms with E-state index in [0.29, 0.717) is 23.0 Å². The molecule has 1 saturated carbocycles. The maximum atomic E-state index is 12.6. The van der Waals surface area contributed by atoms with E-state index in [0.717, 1.165) is 19.3 Å². The number of benzene rings is 1. The Morgan fingerprint density at radius 3 is 2.57 bits per heavy atom. The molecule has 0 spiro atoms. The van der Waals surface area contributed by atoms with E-state index >= 15 is 0 Å². The molecule has 0 aromatic heterocycles. The third-order valence-corrected chi connectivity index (χ3v) is 6.31. The molecule has 0 aliphatic heterocycles. The molecule has 1 aromatic rings. The number of aryl methyl sites for hydroxylation is 1. The van der Waals surface area contributed by atoms with Crippen molar-refractivity contribution in [3.8, 4) is 0 Å². The Morgan fingerprint density at radius 1 is 1.24 bits per heavy atom. The van der Waals surface area contributed by atoms with E-state index in [2.05, 4.69) is 18.6 Å². The van der Waals surface area contributed by atoms with Gasteiger partial charge in [-0.1, -0.05) is 26.0 Å². The normalized spacial score (nSPS) is 26.8. The van der Waals surface area contributed by atoms with Gasteiger partial charge in [0.2, 0.25) is 10.0 Å². The molecule has 1 fully saturated rings. The van der Waals surface area contributed by atoms with Crippen LogP contribution in [0.3, 0.4) is 0 Å². The lowest BCUT2D eigenvalue weighted by molar-refractivity contribution is 0.242. The third kappa shape index (κ3) is 3.84. The second kappa shape index (κ2) is 6.46. The molecule has 1 aliphatic rings. The van der Waals surface area contributed by atoms with Gasteiger partial charge in [-0.05, 0) is 55.2 Å². The molecule has 118 valence electrons. The van der Waals surface area contributed by atoms with Gasteiger partial charge >= 0.3 is 0 Å². The summed E-state index contributed by atoms with van der Waals surface area (Å²) < 4.78 is 28.0. The number of nitrogens with one attached hydrogen (secondary N) is 1. The van der Waals surface area contributed by atoms with Gasteiger partial charge in [0.1, 0.15) is 0 Å². The Morgan fingerprint density at radius 2 is 1.95 bits per heavy atom. The fourth-order valence-corrected chi connectivity index (χ4v) is 4.55. The van der Waals surface area contributed by atoms with Gasteiger partial charge in [0.25, 0.3) is 0 Å². The summed E-state index contributed by atoms with van der Waals surface area (Å²) in [5.74, 6) is 1.20. The highest BCUT2D eigenvalue weighted by Gasteiger charge is 2.28. The molecule has 21 heavy (non-hydrogen) atoms. The quantitative estimate of drug-likeness (QED) is 0.898. The predicted octanol–water partition coefficient (Wildman–Crippen LogP) is 2.59. The maximum Gasteiger partial charge on any atom is 0.241 e. The van der Waals surface area contributed by atoms with Gasteiger partial charge in [-0.3, -0.25) is 0 Å². The summed E-state index contributed by atoms with van der Waals surface area (Å²) in [7, 11) is -3.53. The zero-order chi connectivity index (χ0) is 15.6. The first-order chi connectivity index (χ1) is 9.83. The zero-order valence-corrected chi connectivity index (χ0v) is 13.8. The molecule has 3 atom stereocenters. The van der Waals surface area contributed by atoms with Crippen molar-refractivity contribution in [1.29, 1.82) is 0 Å². The number of aliphatic hydroxyl groups is 1. The molecule has 5 heteroatoms. The van der Waals surface area contributed by atoms with Crippen molar-refractivity contribution in [1.82, 2.24) is 4.72 Å². The van der Waals surface area contributed by atoms with Crippen LogP contribution in [0.2, 0.25) is 0 Å². The molecule has 0 amide bonds. The summed E-state index contributed by atoms with van der Waals surface area (Å²) in [4.78, 5) is 0.278. The van der Waals surface area contributed by atoms with Gasteiger partial charge < -0.3 is 5.11 Å². The molecule has 1 aliphatic carbocycles. The summed E-state index contributed by atoms with van der Waals surface area (Å²) in [6, 6.07) is 5.06. The second-order valence-corrected chi connectivity index (χ2v) is 8.03. The van der Waals surface area contributed by atoms with Gasteiger partial charge in [0, 0.05) is 6.04 Å². The fourth-order valence-electron chi connectivity index (χ4n) is 2.97. The number of aliphatic hydroxyl groups excluding tert-OH is 1. The van der Waals surface area contributed by atoms with E-state index in [4.69, 9.17) is 0 Å². The third-order valence-electron chi connectivity index (χ3n) is 4.64. The Hall–Kier alpha value is -0.910. The van der Waals surface area contributed by atoms with Gasteiger partial charge in [0.15, 0.2) is 0 Å². The largest absolute Gasteiger partial charge is 0.392 e. The van der Waals surface area contributed by atoms with Crippen LogP contribution in [-0.2, 0) is 16.6 Å². The number of rotatable bonds is 4. The van der Waals surface area contributed by atoms with Crippen LogP contribution in [0.4, 0.5) is 0 Å². The van der Waals surface area contributed by atoms with E-state index < -0.39 is 10.0 Å². The van der Waals surface area contributed by atoms with E-state index in [1.165, 1.54) is 0 Å². The van der Waals surface area contributed by atoms with Crippen LogP contribution in [0.25, 0.3) is 0 Å². The van der Waals surface area contributed by atoms with Crippen LogP contribution >= 0.6 is 0 Å². The molecule has 0 bridgehead atoms. The highest BCUT2D eigenvalue weighted by Crippen LogP contribution is 2.30. The molecule has 4 nitrogen and oxygen atoms in total. The smallest absolute Gasteiger partial charge is 0.241 e. The summed E-state index contributed by atoms with van der Waals surface area (Å²) >= 11 is 0. The Labute approximate surface area is 127 Å². The fraction of sp³-hybridized carbons (Fsp3) is 0.625. The highest BCUT2D eigenvalue weighted by atomic mass is 32.2. The van der Waals surface area contributed by atoms with Gasteiger partial charge in [-0.2, -0.15) is 0 Å². The number of sulfonamides is 1.